The van der Waals surface area contributed by atoms with Crippen molar-refractivity contribution in [2.24, 2.45) is 14.1 Å². The highest BCUT2D eigenvalue weighted by molar-refractivity contribution is 7.80. The Morgan fingerprint density at radius 2 is 1.93 bits per heavy atom. The van der Waals surface area contributed by atoms with E-state index in [-0.39, 0.29) is 0 Å². The molecule has 2 rings (SSSR count). The Bertz CT molecular complexity index is 803. The third-order valence-corrected chi connectivity index (χ3v) is 4.03. The molecule has 152 valence electrons. The first-order valence-corrected chi connectivity index (χ1v) is 9.54. The number of hydrogen-bond donors (Lipinski definition) is 4. The number of anilines is 3. The van der Waals surface area contributed by atoms with Gasteiger partial charge in [-0.3, -0.25) is 9.61 Å². The Morgan fingerprint density at radius 1 is 1.26 bits per heavy atom. The normalized spacial score (nSPS) is 10.7. The Labute approximate surface area is 160 Å². The number of nitrogens with one attached hydrogen (secondary N) is 4. The summed E-state index contributed by atoms with van der Waals surface area (Å²) >= 11 is 0. The van der Waals surface area contributed by atoms with E-state index in [9.17, 15) is 13.0 Å². The van der Waals surface area contributed by atoms with Crippen molar-refractivity contribution >= 4 is 27.7 Å². The van der Waals surface area contributed by atoms with Crippen molar-refractivity contribution in [1.29, 1.82) is 0 Å². The van der Waals surface area contributed by atoms with Gasteiger partial charge in [0.1, 0.15) is 0 Å². The maximum atomic E-state index is 9.22. The highest BCUT2D eigenvalue weighted by Crippen LogP contribution is 2.19. The summed E-state index contributed by atoms with van der Waals surface area (Å²) in [7, 11) is 2.36. The molecule has 0 saturated carbocycles. The summed E-state index contributed by atoms with van der Waals surface area (Å²) in [6.07, 6.45) is 4.01. The molecule has 1 heterocycles. The number of aryl methyl sites for hydroxylation is 3. The highest BCUT2D eigenvalue weighted by Gasteiger charge is 2.10. The molecular formula is C16H28N6O4S. The van der Waals surface area contributed by atoms with Gasteiger partial charge in [0.05, 0.1) is 39.3 Å². The fraction of sp³-hybridized carbons (Fsp3) is 0.438. The largest absolute Gasteiger partial charge is 0.726 e. The van der Waals surface area contributed by atoms with E-state index in [1.807, 2.05) is 42.7 Å². The molecule has 0 atom stereocenters. The van der Waals surface area contributed by atoms with Crippen LogP contribution in [-0.4, -0.2) is 44.8 Å². The van der Waals surface area contributed by atoms with Crippen molar-refractivity contribution in [2.45, 2.75) is 6.92 Å². The van der Waals surface area contributed by atoms with Crippen LogP contribution in [-0.2, 0) is 28.7 Å². The zero-order valence-corrected chi connectivity index (χ0v) is 17.1. The standard InChI is InChI=1S/C15H24N6.CH4O4S/c1-12-11-13(17-8-7-16-2)5-6-14(12)18-19-15-20(3)9-10-21(15)4;1-5-6(2,3)4/h5-6,9-11,16-18H,7-8H2,1-4H3;1H3,(H,2,3,4). The molecule has 0 fully saturated rings. The third-order valence-electron chi connectivity index (χ3n) is 3.63. The number of imidazole rings is 1. The van der Waals surface area contributed by atoms with Crippen LogP contribution in [0.2, 0.25) is 0 Å². The number of nitrogens with zero attached hydrogens (tertiary/aromatic N) is 2. The molecule has 0 unspecified atom stereocenters. The topological polar surface area (TPSA) is 123 Å². The second-order valence-electron chi connectivity index (χ2n) is 5.73. The van der Waals surface area contributed by atoms with Gasteiger partial charge in [-0.2, -0.15) is 5.43 Å². The van der Waals surface area contributed by atoms with Crippen LogP contribution in [0.25, 0.3) is 0 Å². The zero-order chi connectivity index (χ0) is 20.4. The maximum absolute atomic E-state index is 9.22. The van der Waals surface area contributed by atoms with Crippen molar-refractivity contribution in [2.75, 3.05) is 43.4 Å². The fourth-order valence-electron chi connectivity index (χ4n) is 2.14. The summed E-state index contributed by atoms with van der Waals surface area (Å²) in [5.41, 5.74) is 9.89. The summed E-state index contributed by atoms with van der Waals surface area (Å²) in [5.74, 6) is 0.991. The summed E-state index contributed by atoms with van der Waals surface area (Å²) in [4.78, 5) is 0. The predicted molar refractivity (Wildman–Crippen MR) is 104 cm³/mol. The molecule has 0 aliphatic carbocycles. The minimum atomic E-state index is -4.41. The molecule has 0 amide bonds. The number of likely N-dealkylation sites (N-methyl/N-ethyl adjacent to an activating group) is 1. The highest BCUT2D eigenvalue weighted by atomic mass is 32.3. The van der Waals surface area contributed by atoms with Gasteiger partial charge in [0.25, 0.3) is 0 Å². The van der Waals surface area contributed by atoms with Crippen molar-refractivity contribution in [3.63, 3.8) is 0 Å². The van der Waals surface area contributed by atoms with E-state index in [0.29, 0.717) is 0 Å². The number of hydrazine groups is 1. The second kappa shape index (κ2) is 10.7. The van der Waals surface area contributed by atoms with Crippen molar-refractivity contribution in [1.82, 2.24) is 9.88 Å². The van der Waals surface area contributed by atoms with E-state index >= 15 is 0 Å². The molecule has 11 heteroatoms. The Hall–Kier alpha value is -2.34. The summed E-state index contributed by atoms with van der Waals surface area (Å²) in [6, 6.07) is 6.30. The van der Waals surface area contributed by atoms with Gasteiger partial charge in [-0.15, -0.1) is 0 Å². The van der Waals surface area contributed by atoms with E-state index in [2.05, 4.69) is 50.8 Å². The van der Waals surface area contributed by atoms with E-state index < -0.39 is 10.4 Å². The van der Waals surface area contributed by atoms with Gasteiger partial charge < -0.3 is 15.2 Å². The van der Waals surface area contributed by atoms with Crippen LogP contribution in [0.1, 0.15) is 5.56 Å². The van der Waals surface area contributed by atoms with Gasteiger partial charge >= 0.3 is 5.95 Å². The van der Waals surface area contributed by atoms with E-state index in [1.165, 1.54) is 5.56 Å². The van der Waals surface area contributed by atoms with Gasteiger partial charge in [0.2, 0.25) is 10.4 Å². The van der Waals surface area contributed by atoms with Crippen LogP contribution in [0.4, 0.5) is 17.3 Å². The van der Waals surface area contributed by atoms with E-state index in [1.54, 1.807) is 0 Å². The Morgan fingerprint density at radius 3 is 2.41 bits per heavy atom. The lowest BCUT2D eigenvalue weighted by atomic mass is 10.2. The smallest absolute Gasteiger partial charge is 0.378 e. The molecule has 27 heavy (non-hydrogen) atoms. The van der Waals surface area contributed by atoms with E-state index in [0.717, 1.165) is 37.5 Å². The lowest BCUT2D eigenvalue weighted by molar-refractivity contribution is -0.656. The van der Waals surface area contributed by atoms with E-state index in [4.69, 9.17) is 0 Å². The molecule has 0 saturated heterocycles. The number of rotatable bonds is 8. The molecule has 0 bridgehead atoms. The van der Waals surface area contributed by atoms with Crippen LogP contribution in [0, 0.1) is 6.92 Å². The first-order valence-electron chi connectivity index (χ1n) is 8.21. The fourth-order valence-corrected chi connectivity index (χ4v) is 2.14. The zero-order valence-electron chi connectivity index (χ0n) is 16.2. The lowest BCUT2D eigenvalue weighted by Gasteiger charge is -2.11. The molecule has 0 aliphatic rings. The minimum absolute atomic E-state index is 0.808. The molecule has 10 nitrogen and oxygen atoms in total. The Balaban J connectivity index is 0.000000527. The third kappa shape index (κ3) is 8.26. The number of benzene rings is 1. The minimum Gasteiger partial charge on any atom is -0.726 e. The molecule has 2 aromatic rings. The average molecular weight is 401 g/mol. The summed E-state index contributed by atoms with van der Waals surface area (Å²) < 4.78 is 35.1. The summed E-state index contributed by atoms with van der Waals surface area (Å²) in [5, 5.41) is 6.50. The molecule has 0 spiro atoms. The lowest BCUT2D eigenvalue weighted by Crippen LogP contribution is -2.32. The second-order valence-corrected chi connectivity index (χ2v) is 6.88. The van der Waals surface area contributed by atoms with Crippen LogP contribution in [0.15, 0.2) is 30.6 Å². The number of hydrogen-bond acceptors (Lipinski definition) is 8. The van der Waals surface area contributed by atoms with Crippen molar-refractivity contribution < 1.29 is 21.7 Å². The first kappa shape index (κ1) is 22.7. The van der Waals surface area contributed by atoms with Gasteiger partial charge in [-0.05, 0) is 37.7 Å². The van der Waals surface area contributed by atoms with Gasteiger partial charge in [-0.25, -0.2) is 17.6 Å². The van der Waals surface area contributed by atoms with Crippen molar-refractivity contribution in [3.05, 3.63) is 36.2 Å². The van der Waals surface area contributed by atoms with Gasteiger partial charge in [-0.1, -0.05) is 0 Å². The predicted octanol–water partition coefficient (Wildman–Crippen LogP) is 0.321. The SMILES string of the molecule is CNCCNc1ccc(NNc2n(C)cc[n+]2C)c(C)c1.COS(=O)(=O)[O-]. The van der Waals surface area contributed by atoms with Crippen LogP contribution in [0.3, 0.4) is 0 Å². The molecule has 1 aromatic heterocycles. The number of aromatic nitrogens is 2. The molecule has 4 N–H and O–H groups in total. The molecule has 0 radical (unpaired) electrons. The molecule has 1 aromatic carbocycles. The van der Waals surface area contributed by atoms with Crippen LogP contribution in [0.5, 0.6) is 0 Å². The van der Waals surface area contributed by atoms with Crippen LogP contribution >= 0.6 is 0 Å². The average Bonchev–Trinajstić information content (AvgIpc) is 2.93. The van der Waals surface area contributed by atoms with Crippen molar-refractivity contribution in [3.8, 4) is 0 Å². The quantitative estimate of drug-likeness (QED) is 0.164. The monoisotopic (exact) mass is 400 g/mol. The Kier molecular flexibility index (Phi) is 9.02. The first-order chi connectivity index (χ1) is 12.7. The molecular weight excluding hydrogens is 372 g/mol. The molecule has 0 aliphatic heterocycles. The summed E-state index contributed by atoms with van der Waals surface area (Å²) in [6.45, 7) is 3.96. The maximum Gasteiger partial charge on any atom is 0.378 e. The van der Waals surface area contributed by atoms with Gasteiger partial charge in [0.15, 0.2) is 0 Å². The van der Waals surface area contributed by atoms with Crippen LogP contribution < -0.4 is 26.1 Å². The van der Waals surface area contributed by atoms with Gasteiger partial charge in [0, 0.05) is 18.8 Å².